The number of benzene rings is 2. The van der Waals surface area contributed by atoms with E-state index in [1.807, 2.05) is 22.6 Å². The van der Waals surface area contributed by atoms with Gasteiger partial charge in [0.1, 0.15) is 28.7 Å². The number of carbonyl (C=O) groups is 1. The maximum atomic E-state index is 14.4. The van der Waals surface area contributed by atoms with Crippen LogP contribution >= 0.6 is 22.6 Å². The summed E-state index contributed by atoms with van der Waals surface area (Å²) in [7, 11) is -3.64. The summed E-state index contributed by atoms with van der Waals surface area (Å²) in [5.74, 6) is -2.60. The van der Waals surface area contributed by atoms with E-state index in [9.17, 15) is 22.0 Å². The van der Waals surface area contributed by atoms with Gasteiger partial charge in [-0.2, -0.15) is 0 Å². The fraction of sp³-hybridized carbons (Fsp3) is 0.143. The molecule has 0 fully saturated rings. The third-order valence-corrected chi connectivity index (χ3v) is 6.77. The van der Waals surface area contributed by atoms with Crippen LogP contribution in [-0.4, -0.2) is 24.6 Å². The molecule has 3 aromatic rings. The molecule has 33 heavy (non-hydrogen) atoms. The maximum absolute atomic E-state index is 14.4. The van der Waals surface area contributed by atoms with E-state index < -0.39 is 32.8 Å². The van der Waals surface area contributed by atoms with Crippen LogP contribution in [0.3, 0.4) is 0 Å². The third-order valence-electron chi connectivity index (χ3n) is 4.34. The minimum atomic E-state index is -3.64. The van der Waals surface area contributed by atoms with Crippen LogP contribution in [0.4, 0.5) is 25.8 Å². The van der Waals surface area contributed by atoms with Crippen molar-refractivity contribution >= 4 is 55.6 Å². The molecule has 1 heterocycles. The average Bonchev–Trinajstić information content (AvgIpc) is 2.69. The van der Waals surface area contributed by atoms with Gasteiger partial charge in [0.2, 0.25) is 10.0 Å². The highest BCUT2D eigenvalue weighted by Crippen LogP contribution is 2.34. The van der Waals surface area contributed by atoms with Gasteiger partial charge >= 0.3 is 0 Å². The molecule has 0 spiro atoms. The van der Waals surface area contributed by atoms with Crippen LogP contribution in [0.1, 0.15) is 24.2 Å². The van der Waals surface area contributed by atoms with E-state index in [1.165, 1.54) is 44.4 Å². The number of hydrogen-bond donors (Lipinski definition) is 3. The van der Waals surface area contributed by atoms with Gasteiger partial charge in [0.05, 0.1) is 34.7 Å². The molecule has 0 unspecified atom stereocenters. The Balaban J connectivity index is 1.99. The topological polar surface area (TPSA) is 123 Å². The summed E-state index contributed by atoms with van der Waals surface area (Å²) >= 11 is 1.94. The number of amides is 1. The van der Waals surface area contributed by atoms with E-state index in [2.05, 4.69) is 15.0 Å². The highest BCUT2D eigenvalue weighted by atomic mass is 127. The Hall–Kier alpha value is -3.00. The second-order valence-electron chi connectivity index (χ2n) is 7.15. The summed E-state index contributed by atoms with van der Waals surface area (Å²) in [6.07, 6.45) is 2.51. The zero-order valence-electron chi connectivity index (χ0n) is 17.4. The van der Waals surface area contributed by atoms with Gasteiger partial charge in [-0.25, -0.2) is 17.2 Å². The number of carbonyl (C=O) groups excluding carboxylic acids is 1. The van der Waals surface area contributed by atoms with Crippen molar-refractivity contribution in [3.8, 4) is 11.5 Å². The van der Waals surface area contributed by atoms with Gasteiger partial charge < -0.3 is 15.8 Å². The lowest BCUT2D eigenvalue weighted by atomic mass is 10.1. The van der Waals surface area contributed by atoms with Crippen molar-refractivity contribution in [1.82, 2.24) is 4.98 Å². The molecule has 0 aliphatic heterocycles. The predicted molar refractivity (Wildman–Crippen MR) is 129 cm³/mol. The minimum Gasteiger partial charge on any atom is -0.455 e. The van der Waals surface area contributed by atoms with E-state index in [4.69, 9.17) is 10.5 Å². The normalized spacial score (nSPS) is 11.3. The number of sulfonamides is 1. The van der Waals surface area contributed by atoms with Crippen molar-refractivity contribution < 1.29 is 26.7 Å². The zero-order chi connectivity index (χ0) is 24.3. The summed E-state index contributed by atoms with van der Waals surface area (Å²) in [4.78, 5) is 16.1. The largest absolute Gasteiger partial charge is 0.455 e. The van der Waals surface area contributed by atoms with Crippen LogP contribution < -0.4 is 20.5 Å². The SMILES string of the molecule is CC(C)S(=O)(=O)Nc1cncc(Oc2cc(F)cc(Nc3ccc(I)cc3F)c2C(N)=O)c1. The van der Waals surface area contributed by atoms with Gasteiger partial charge in [-0.15, -0.1) is 0 Å². The Morgan fingerprint density at radius 1 is 1.12 bits per heavy atom. The summed E-state index contributed by atoms with van der Waals surface area (Å²) in [6.45, 7) is 3.01. The van der Waals surface area contributed by atoms with Gasteiger partial charge in [0, 0.05) is 15.7 Å². The zero-order valence-corrected chi connectivity index (χ0v) is 20.4. The number of nitrogens with one attached hydrogen (secondary N) is 2. The fourth-order valence-corrected chi connectivity index (χ4v) is 3.82. The Morgan fingerprint density at radius 2 is 1.85 bits per heavy atom. The van der Waals surface area contributed by atoms with Crippen LogP contribution in [0.25, 0.3) is 0 Å². The first-order chi connectivity index (χ1) is 15.5. The summed E-state index contributed by atoms with van der Waals surface area (Å²) in [5, 5.41) is 1.97. The van der Waals surface area contributed by atoms with Crippen LogP contribution in [0.15, 0.2) is 48.8 Å². The monoisotopic (exact) mass is 588 g/mol. The highest BCUT2D eigenvalue weighted by molar-refractivity contribution is 14.1. The first kappa shape index (κ1) is 24.6. The molecule has 0 radical (unpaired) electrons. The molecule has 12 heteroatoms. The Kier molecular flexibility index (Phi) is 7.37. The van der Waals surface area contributed by atoms with Crippen molar-refractivity contribution in [2.75, 3.05) is 10.0 Å². The number of hydrogen-bond acceptors (Lipinski definition) is 6. The number of aromatic nitrogens is 1. The van der Waals surface area contributed by atoms with Crippen molar-refractivity contribution in [1.29, 1.82) is 0 Å². The van der Waals surface area contributed by atoms with Crippen LogP contribution in [0.2, 0.25) is 0 Å². The van der Waals surface area contributed by atoms with Gasteiger partial charge in [-0.3, -0.25) is 14.5 Å². The quantitative estimate of drug-likeness (QED) is 0.327. The maximum Gasteiger partial charge on any atom is 0.254 e. The Morgan fingerprint density at radius 3 is 2.48 bits per heavy atom. The average molecular weight is 588 g/mol. The molecule has 3 rings (SSSR count). The van der Waals surface area contributed by atoms with E-state index in [-0.39, 0.29) is 34.1 Å². The first-order valence-corrected chi connectivity index (χ1v) is 12.1. The molecule has 0 saturated carbocycles. The number of pyridine rings is 1. The Bertz CT molecular complexity index is 1320. The second kappa shape index (κ2) is 9.87. The molecule has 0 bridgehead atoms. The highest BCUT2D eigenvalue weighted by Gasteiger charge is 2.20. The van der Waals surface area contributed by atoms with E-state index in [0.29, 0.717) is 3.57 Å². The summed E-state index contributed by atoms with van der Waals surface area (Å²) in [5.41, 5.74) is 5.26. The number of halogens is 3. The van der Waals surface area contributed by atoms with Crippen LogP contribution in [0.5, 0.6) is 11.5 Å². The van der Waals surface area contributed by atoms with Gasteiger partial charge in [-0.05, 0) is 60.7 Å². The third kappa shape index (κ3) is 6.07. The molecule has 174 valence electrons. The summed E-state index contributed by atoms with van der Waals surface area (Å²) < 4.78 is 61.5. The lowest BCUT2D eigenvalue weighted by molar-refractivity contribution is 0.0999. The smallest absolute Gasteiger partial charge is 0.254 e. The van der Waals surface area contributed by atoms with E-state index in [0.717, 1.165) is 12.1 Å². The van der Waals surface area contributed by atoms with E-state index >= 15 is 0 Å². The molecular weight excluding hydrogens is 569 g/mol. The molecule has 0 aliphatic carbocycles. The lowest BCUT2D eigenvalue weighted by Gasteiger charge is -2.16. The Labute approximate surface area is 202 Å². The van der Waals surface area contributed by atoms with Crippen molar-refractivity contribution in [2.45, 2.75) is 19.1 Å². The van der Waals surface area contributed by atoms with Gasteiger partial charge in [0.25, 0.3) is 5.91 Å². The second-order valence-corrected chi connectivity index (χ2v) is 10.6. The number of primary amides is 1. The number of ether oxygens (including phenoxy) is 1. The molecule has 1 amide bonds. The molecule has 2 aromatic carbocycles. The first-order valence-electron chi connectivity index (χ1n) is 9.46. The summed E-state index contributed by atoms with van der Waals surface area (Å²) in [6, 6.07) is 7.55. The van der Waals surface area contributed by atoms with E-state index in [1.54, 1.807) is 6.07 Å². The molecular formula is C21H19F2IN4O4S. The van der Waals surface area contributed by atoms with Crippen molar-refractivity contribution in [3.63, 3.8) is 0 Å². The van der Waals surface area contributed by atoms with Gasteiger partial charge in [0.15, 0.2) is 0 Å². The van der Waals surface area contributed by atoms with Crippen molar-refractivity contribution in [2.24, 2.45) is 5.73 Å². The van der Waals surface area contributed by atoms with Gasteiger partial charge in [-0.1, -0.05) is 0 Å². The van der Waals surface area contributed by atoms with Crippen LogP contribution in [-0.2, 0) is 10.0 Å². The molecule has 0 saturated heterocycles. The van der Waals surface area contributed by atoms with Crippen molar-refractivity contribution in [3.05, 3.63) is 69.6 Å². The number of anilines is 3. The van der Waals surface area contributed by atoms with Crippen LogP contribution in [0, 0.1) is 15.2 Å². The molecule has 1 aromatic heterocycles. The predicted octanol–water partition coefficient (Wildman–Crippen LogP) is 4.75. The number of rotatable bonds is 8. The number of nitrogens with two attached hydrogens (primary N) is 1. The standard InChI is InChI=1S/C21H19F2IN4O4S/c1-11(2)33(30,31)28-14-8-15(10-26-9-14)32-19-6-12(22)5-18(20(19)21(25)29)27-17-4-3-13(24)7-16(17)23/h3-11,27-28H,1-2H3,(H2,25,29). The molecule has 0 atom stereocenters. The molecule has 8 nitrogen and oxygen atoms in total. The lowest BCUT2D eigenvalue weighted by Crippen LogP contribution is -2.22. The molecule has 4 N–H and O–H groups in total. The fourth-order valence-electron chi connectivity index (χ4n) is 2.69. The number of nitrogens with zero attached hydrogens (tertiary/aromatic N) is 1. The molecule has 0 aliphatic rings. The minimum absolute atomic E-state index is 0.00113.